The van der Waals surface area contributed by atoms with Gasteiger partial charge in [0.15, 0.2) is 0 Å². The molecule has 6 heteroatoms. The Balaban J connectivity index is 0.000000705. The van der Waals surface area contributed by atoms with E-state index < -0.39 is 0 Å². The summed E-state index contributed by atoms with van der Waals surface area (Å²) in [6.45, 7) is 6.95. The molecule has 1 aromatic heterocycles. The fraction of sp³-hybridized carbons (Fsp3) is 0.632. The predicted octanol–water partition coefficient (Wildman–Crippen LogP) is 4.43. The zero-order valence-corrected chi connectivity index (χ0v) is 17.5. The van der Waals surface area contributed by atoms with Crippen molar-refractivity contribution in [3.05, 3.63) is 24.0 Å². The van der Waals surface area contributed by atoms with E-state index in [0.29, 0.717) is 11.8 Å². The first-order valence-corrected chi connectivity index (χ1v) is 10.2. The zero-order chi connectivity index (χ0) is 18.7. The molecule has 0 saturated heterocycles. The van der Waals surface area contributed by atoms with Crippen LogP contribution in [0.4, 0.5) is 5.69 Å². The highest BCUT2D eigenvalue weighted by atomic mass is 35.5. The third-order valence-corrected chi connectivity index (χ3v) is 4.48. The maximum atomic E-state index is 5.88. The van der Waals surface area contributed by atoms with Crippen LogP contribution >= 0.6 is 23.2 Å². The molecule has 1 N–H and O–H groups in total. The maximum absolute atomic E-state index is 5.88. The Morgan fingerprint density at radius 3 is 2.32 bits per heavy atom. The zero-order valence-electron chi connectivity index (χ0n) is 16.0. The number of nitrogens with zero attached hydrogens (tertiary/aromatic N) is 3. The Kier molecular flexibility index (Phi) is 10.9. The number of benzene rings is 1. The maximum Gasteiger partial charge on any atom is 0.109 e. The van der Waals surface area contributed by atoms with Crippen molar-refractivity contribution in [2.75, 3.05) is 43.3 Å². The van der Waals surface area contributed by atoms with E-state index in [1.807, 2.05) is 7.05 Å². The first-order valence-electron chi connectivity index (χ1n) is 9.09. The molecule has 2 rings (SSSR count). The summed E-state index contributed by atoms with van der Waals surface area (Å²) in [4.78, 5) is 6.99. The summed E-state index contributed by atoms with van der Waals surface area (Å²) in [5, 5.41) is 2.93. The van der Waals surface area contributed by atoms with E-state index in [-0.39, 0.29) is 0 Å². The van der Waals surface area contributed by atoms with Crippen molar-refractivity contribution in [1.29, 1.82) is 0 Å². The third kappa shape index (κ3) is 6.69. The van der Waals surface area contributed by atoms with Crippen LogP contribution in [0, 0.1) is 0 Å². The van der Waals surface area contributed by atoms with Crippen LogP contribution in [-0.4, -0.2) is 48.0 Å². The van der Waals surface area contributed by atoms with Gasteiger partial charge in [-0.1, -0.05) is 20.3 Å². The van der Waals surface area contributed by atoms with Gasteiger partial charge in [-0.25, -0.2) is 4.98 Å². The lowest BCUT2D eigenvalue weighted by molar-refractivity contribution is 0.720. The Bertz CT molecular complexity index is 605. The fourth-order valence-corrected chi connectivity index (χ4v) is 2.98. The van der Waals surface area contributed by atoms with Gasteiger partial charge in [-0.2, -0.15) is 0 Å². The van der Waals surface area contributed by atoms with Gasteiger partial charge in [0.1, 0.15) is 5.82 Å². The second-order valence-electron chi connectivity index (χ2n) is 5.94. The van der Waals surface area contributed by atoms with Crippen molar-refractivity contribution < 1.29 is 0 Å². The van der Waals surface area contributed by atoms with Crippen molar-refractivity contribution in [2.45, 2.75) is 33.1 Å². The van der Waals surface area contributed by atoms with Gasteiger partial charge in [-0.05, 0) is 38.2 Å². The Labute approximate surface area is 162 Å². The van der Waals surface area contributed by atoms with Crippen LogP contribution in [0.1, 0.15) is 32.5 Å². The lowest BCUT2D eigenvalue weighted by Gasteiger charge is -2.22. The number of rotatable bonds is 9. The van der Waals surface area contributed by atoms with Gasteiger partial charge in [0.25, 0.3) is 0 Å². The summed E-state index contributed by atoms with van der Waals surface area (Å²) < 4.78 is 2.20. The summed E-state index contributed by atoms with van der Waals surface area (Å²) in [6, 6.07) is 6.42. The van der Waals surface area contributed by atoms with Gasteiger partial charge in [-0.3, -0.25) is 0 Å². The molecule has 142 valence electrons. The summed E-state index contributed by atoms with van der Waals surface area (Å²) in [5.41, 5.74) is 3.38. The lowest BCUT2D eigenvalue weighted by atomic mass is 10.2. The molecule has 4 nitrogen and oxygen atoms in total. The van der Waals surface area contributed by atoms with Crippen molar-refractivity contribution in [2.24, 2.45) is 7.05 Å². The average molecular weight is 387 g/mol. The molecule has 2 aromatic rings. The Morgan fingerprint density at radius 1 is 1.16 bits per heavy atom. The van der Waals surface area contributed by atoms with Crippen LogP contribution in [-0.2, 0) is 13.5 Å². The second-order valence-corrected chi connectivity index (χ2v) is 6.69. The number of imidazole rings is 1. The molecule has 0 aliphatic carbocycles. The van der Waals surface area contributed by atoms with Crippen LogP contribution in [0.5, 0.6) is 0 Å². The number of aryl methyl sites for hydroxylation is 2. The van der Waals surface area contributed by atoms with Gasteiger partial charge in [0, 0.05) is 44.0 Å². The number of nitrogens with one attached hydrogen (secondary N) is 1. The normalized spacial score (nSPS) is 10.6. The van der Waals surface area contributed by atoms with Crippen molar-refractivity contribution in [3.8, 4) is 0 Å². The molecule has 0 atom stereocenters. The molecule has 0 bridgehead atoms. The number of unbranched alkanes of at least 4 members (excludes halogenated alkanes) is 1. The van der Waals surface area contributed by atoms with E-state index in [0.717, 1.165) is 43.1 Å². The topological polar surface area (TPSA) is 33.1 Å². The van der Waals surface area contributed by atoms with Gasteiger partial charge in [0.05, 0.1) is 11.0 Å². The standard InChI is InChI=1S/C16H23Cl2N3.C3H9N/c1-3-4-5-16-19-14-12-13(6-7-15(14)20(16)2)21(10-8-17)11-9-18;1-3-4-2/h6-7,12H,3-5,8-11H2,1-2H3;4H,3H2,1-2H3. The molecule has 0 fully saturated rings. The molecule has 0 unspecified atom stereocenters. The van der Waals surface area contributed by atoms with Crippen molar-refractivity contribution >= 4 is 39.9 Å². The van der Waals surface area contributed by atoms with Crippen LogP contribution in [0.25, 0.3) is 11.0 Å². The number of halogens is 2. The first-order chi connectivity index (χ1) is 12.1. The minimum absolute atomic E-state index is 0.596. The van der Waals surface area contributed by atoms with Gasteiger partial charge < -0.3 is 14.8 Å². The Hall–Kier alpha value is -0.970. The minimum atomic E-state index is 0.596. The quantitative estimate of drug-likeness (QED) is 0.647. The molecule has 0 aliphatic heterocycles. The van der Waals surface area contributed by atoms with E-state index in [1.165, 1.54) is 18.4 Å². The van der Waals surface area contributed by atoms with Crippen molar-refractivity contribution in [1.82, 2.24) is 14.9 Å². The van der Waals surface area contributed by atoms with E-state index in [9.17, 15) is 0 Å². The molecule has 0 radical (unpaired) electrons. The number of alkyl halides is 2. The predicted molar refractivity (Wildman–Crippen MR) is 113 cm³/mol. The van der Waals surface area contributed by atoms with E-state index in [4.69, 9.17) is 28.2 Å². The van der Waals surface area contributed by atoms with Gasteiger partial charge >= 0.3 is 0 Å². The average Bonchev–Trinajstić information content (AvgIpc) is 2.95. The highest BCUT2D eigenvalue weighted by Gasteiger charge is 2.11. The van der Waals surface area contributed by atoms with Crippen LogP contribution in [0.3, 0.4) is 0 Å². The van der Waals surface area contributed by atoms with E-state index in [1.54, 1.807) is 0 Å². The minimum Gasteiger partial charge on any atom is -0.369 e. The molecule has 25 heavy (non-hydrogen) atoms. The second kappa shape index (κ2) is 12.4. The van der Waals surface area contributed by atoms with E-state index in [2.05, 4.69) is 53.9 Å². The number of hydrogen-bond acceptors (Lipinski definition) is 3. The van der Waals surface area contributed by atoms with Crippen LogP contribution in [0.15, 0.2) is 18.2 Å². The van der Waals surface area contributed by atoms with Gasteiger partial charge in [0.2, 0.25) is 0 Å². The van der Waals surface area contributed by atoms with Gasteiger partial charge in [-0.15, -0.1) is 23.2 Å². The molecule has 1 aromatic carbocycles. The molecule has 0 spiro atoms. The SMILES string of the molecule is CCCCc1nc2cc(N(CCCl)CCCl)ccc2n1C.CCNC. The first kappa shape index (κ1) is 22.1. The number of hydrogen-bond donors (Lipinski definition) is 1. The number of fused-ring (bicyclic) bond motifs is 1. The monoisotopic (exact) mass is 386 g/mol. The third-order valence-electron chi connectivity index (χ3n) is 4.14. The molecule has 0 saturated carbocycles. The lowest BCUT2D eigenvalue weighted by Crippen LogP contribution is -2.27. The summed E-state index contributed by atoms with van der Waals surface area (Å²) in [6.07, 6.45) is 3.40. The summed E-state index contributed by atoms with van der Waals surface area (Å²) >= 11 is 11.8. The highest BCUT2D eigenvalue weighted by Crippen LogP contribution is 2.23. The molecular formula is C19H32Cl2N4. The molecular weight excluding hydrogens is 355 g/mol. The molecule has 0 aliphatic rings. The van der Waals surface area contributed by atoms with Crippen LogP contribution < -0.4 is 10.2 Å². The number of anilines is 1. The van der Waals surface area contributed by atoms with E-state index >= 15 is 0 Å². The summed E-state index contributed by atoms with van der Waals surface area (Å²) in [5.74, 6) is 2.35. The fourth-order valence-electron chi connectivity index (χ4n) is 2.57. The summed E-state index contributed by atoms with van der Waals surface area (Å²) in [7, 11) is 4.02. The number of aromatic nitrogens is 2. The molecule has 1 heterocycles. The van der Waals surface area contributed by atoms with Crippen LogP contribution in [0.2, 0.25) is 0 Å². The smallest absolute Gasteiger partial charge is 0.109 e. The Morgan fingerprint density at radius 2 is 1.80 bits per heavy atom. The highest BCUT2D eigenvalue weighted by molar-refractivity contribution is 6.18. The largest absolute Gasteiger partial charge is 0.369 e. The molecule has 0 amide bonds. The van der Waals surface area contributed by atoms with Crippen molar-refractivity contribution in [3.63, 3.8) is 0 Å².